The van der Waals surface area contributed by atoms with Crippen molar-refractivity contribution < 1.29 is 24.1 Å². The zero-order valence-electron chi connectivity index (χ0n) is 15.6. The van der Waals surface area contributed by atoms with Crippen LogP contribution >= 0.6 is 22.6 Å². The van der Waals surface area contributed by atoms with Crippen LogP contribution in [-0.2, 0) is 32.2 Å². The molecule has 1 aliphatic rings. The molecule has 0 amide bonds. The summed E-state index contributed by atoms with van der Waals surface area (Å²) in [7, 11) is 1.31. The van der Waals surface area contributed by atoms with E-state index >= 15 is 0 Å². The van der Waals surface area contributed by atoms with Gasteiger partial charge in [-0.05, 0) is 33.7 Å². The summed E-state index contributed by atoms with van der Waals surface area (Å²) in [5, 5.41) is 10.7. The Labute approximate surface area is 178 Å². The zero-order chi connectivity index (χ0) is 19.9. The zero-order valence-corrected chi connectivity index (χ0v) is 17.7. The Morgan fingerprint density at radius 3 is 2.07 bits per heavy atom. The molecule has 6 heteroatoms. The number of benzene rings is 2. The van der Waals surface area contributed by atoms with Gasteiger partial charge in [0.15, 0.2) is 0 Å². The van der Waals surface area contributed by atoms with E-state index in [1.165, 1.54) is 7.11 Å². The van der Waals surface area contributed by atoms with Crippen molar-refractivity contribution in [1.29, 1.82) is 0 Å². The van der Waals surface area contributed by atoms with Crippen LogP contribution in [-0.4, -0.2) is 36.5 Å². The molecule has 3 atom stereocenters. The summed E-state index contributed by atoms with van der Waals surface area (Å²) in [5.74, 6) is -0.557. The third kappa shape index (κ3) is 5.20. The molecule has 0 saturated heterocycles. The number of aliphatic hydroxyl groups is 1. The maximum absolute atomic E-state index is 12.3. The third-order valence-electron chi connectivity index (χ3n) is 4.64. The van der Waals surface area contributed by atoms with Crippen LogP contribution in [0.1, 0.15) is 17.5 Å². The number of esters is 1. The first kappa shape index (κ1) is 21.0. The van der Waals surface area contributed by atoms with Crippen LogP contribution in [0.3, 0.4) is 0 Å². The molecule has 0 heterocycles. The fourth-order valence-corrected chi connectivity index (χ4v) is 4.09. The van der Waals surface area contributed by atoms with E-state index in [0.29, 0.717) is 23.2 Å². The highest BCUT2D eigenvalue weighted by Crippen LogP contribution is 2.35. The predicted octanol–water partition coefficient (Wildman–Crippen LogP) is 3.78. The summed E-state index contributed by atoms with van der Waals surface area (Å²) in [6.45, 7) is 0.757. The molecule has 2 aromatic rings. The second kappa shape index (κ2) is 10.2. The minimum absolute atomic E-state index is 0.213. The molecular formula is C22H23IO5. The van der Waals surface area contributed by atoms with Crippen molar-refractivity contribution in [3.63, 3.8) is 0 Å². The maximum Gasteiger partial charge on any atom is 0.337 e. The Bertz CT molecular complexity index is 806. The van der Waals surface area contributed by atoms with E-state index in [0.717, 1.165) is 11.1 Å². The lowest BCUT2D eigenvalue weighted by atomic mass is 9.91. The minimum Gasteiger partial charge on any atom is -0.466 e. The van der Waals surface area contributed by atoms with Gasteiger partial charge in [0.2, 0.25) is 0 Å². The normalized spacial score (nSPS) is 22.2. The standard InChI is InChI=1S/C22H23IO5/c1-26-22(25)19-20(23)17(27-13-15-8-4-2-5-9-15)12-18(21(19)24)28-14-16-10-6-3-7-11-16/h2-11,17-18,21,24H,12-14H2,1H3/t17-,18-,21-/m0/s1. The molecule has 0 aliphatic heterocycles. The summed E-state index contributed by atoms with van der Waals surface area (Å²) >= 11 is 2.07. The second-order valence-electron chi connectivity index (χ2n) is 6.55. The summed E-state index contributed by atoms with van der Waals surface area (Å²) in [6.07, 6.45) is -1.51. The van der Waals surface area contributed by atoms with Crippen LogP contribution in [0.4, 0.5) is 0 Å². The molecule has 0 bridgehead atoms. The Kier molecular flexibility index (Phi) is 7.61. The van der Waals surface area contributed by atoms with Crippen molar-refractivity contribution in [3.8, 4) is 0 Å². The van der Waals surface area contributed by atoms with Crippen molar-refractivity contribution in [2.75, 3.05) is 7.11 Å². The molecule has 0 aromatic heterocycles. The lowest BCUT2D eigenvalue weighted by Gasteiger charge is -2.34. The fourth-order valence-electron chi connectivity index (χ4n) is 3.12. The van der Waals surface area contributed by atoms with Gasteiger partial charge in [-0.2, -0.15) is 0 Å². The van der Waals surface area contributed by atoms with E-state index in [2.05, 4.69) is 22.6 Å². The van der Waals surface area contributed by atoms with Gasteiger partial charge in [0.1, 0.15) is 6.10 Å². The Morgan fingerprint density at radius 2 is 1.54 bits per heavy atom. The minimum atomic E-state index is -1.06. The summed E-state index contributed by atoms with van der Waals surface area (Å²) in [5.41, 5.74) is 2.25. The monoisotopic (exact) mass is 494 g/mol. The largest absolute Gasteiger partial charge is 0.466 e. The average molecular weight is 494 g/mol. The highest BCUT2D eigenvalue weighted by Gasteiger charge is 2.40. The van der Waals surface area contributed by atoms with Crippen LogP contribution < -0.4 is 0 Å². The molecule has 0 saturated carbocycles. The first-order valence-electron chi connectivity index (χ1n) is 9.07. The summed E-state index contributed by atoms with van der Waals surface area (Å²) in [4.78, 5) is 12.3. The van der Waals surface area contributed by atoms with Crippen molar-refractivity contribution >= 4 is 28.6 Å². The van der Waals surface area contributed by atoms with Crippen LogP contribution in [0.15, 0.2) is 69.8 Å². The number of carbonyl (C=O) groups is 1. The maximum atomic E-state index is 12.3. The molecule has 2 aromatic carbocycles. The van der Waals surface area contributed by atoms with Crippen molar-refractivity contribution in [2.24, 2.45) is 0 Å². The van der Waals surface area contributed by atoms with E-state index in [-0.39, 0.29) is 11.7 Å². The number of hydrogen-bond donors (Lipinski definition) is 1. The smallest absolute Gasteiger partial charge is 0.337 e. The van der Waals surface area contributed by atoms with E-state index < -0.39 is 18.2 Å². The van der Waals surface area contributed by atoms with Gasteiger partial charge >= 0.3 is 5.97 Å². The lowest BCUT2D eigenvalue weighted by Crippen LogP contribution is -2.42. The number of halogens is 1. The number of aliphatic hydroxyl groups excluding tert-OH is 1. The molecule has 0 radical (unpaired) electrons. The number of rotatable bonds is 7. The number of carbonyl (C=O) groups excluding carboxylic acids is 1. The highest BCUT2D eigenvalue weighted by atomic mass is 127. The van der Waals surface area contributed by atoms with Crippen molar-refractivity contribution in [3.05, 3.63) is 80.9 Å². The van der Waals surface area contributed by atoms with E-state index in [1.54, 1.807) is 0 Å². The Hall–Kier alpha value is -1.74. The average Bonchev–Trinajstić information content (AvgIpc) is 2.74. The highest BCUT2D eigenvalue weighted by molar-refractivity contribution is 14.1. The Balaban J connectivity index is 1.75. The van der Waals surface area contributed by atoms with Crippen molar-refractivity contribution in [2.45, 2.75) is 37.9 Å². The van der Waals surface area contributed by atoms with Crippen LogP contribution in [0, 0.1) is 0 Å². The van der Waals surface area contributed by atoms with Crippen LogP contribution in [0.2, 0.25) is 0 Å². The predicted molar refractivity (Wildman–Crippen MR) is 114 cm³/mol. The van der Waals surface area contributed by atoms with Gasteiger partial charge < -0.3 is 19.3 Å². The fraction of sp³-hybridized carbons (Fsp3) is 0.318. The van der Waals surface area contributed by atoms with Gasteiger partial charge in [-0.25, -0.2) is 4.79 Å². The van der Waals surface area contributed by atoms with Crippen LogP contribution in [0.25, 0.3) is 0 Å². The molecule has 148 valence electrons. The van der Waals surface area contributed by atoms with E-state index in [1.807, 2.05) is 60.7 Å². The first-order chi connectivity index (χ1) is 13.6. The third-order valence-corrected chi connectivity index (χ3v) is 5.92. The van der Waals surface area contributed by atoms with Gasteiger partial charge in [-0.3, -0.25) is 0 Å². The quantitative estimate of drug-likeness (QED) is 0.469. The molecule has 0 spiro atoms. The number of methoxy groups -OCH3 is 1. The lowest BCUT2D eigenvalue weighted by molar-refractivity contribution is -0.140. The summed E-state index contributed by atoms with van der Waals surface area (Å²) < 4.78 is 17.6. The van der Waals surface area contributed by atoms with Gasteiger partial charge in [-0.1, -0.05) is 60.7 Å². The first-order valence-corrected chi connectivity index (χ1v) is 10.1. The van der Waals surface area contributed by atoms with Gasteiger partial charge in [0, 0.05) is 10.0 Å². The van der Waals surface area contributed by atoms with E-state index in [9.17, 15) is 9.90 Å². The molecular weight excluding hydrogens is 471 g/mol. The molecule has 28 heavy (non-hydrogen) atoms. The SMILES string of the molecule is COC(=O)C1=C(I)[C@@H](OCc2ccccc2)C[C@H](OCc2ccccc2)[C@@H]1O. The molecule has 0 unspecified atom stereocenters. The topological polar surface area (TPSA) is 65.0 Å². The number of ether oxygens (including phenoxy) is 3. The summed E-state index contributed by atoms with van der Waals surface area (Å²) in [6, 6.07) is 19.6. The number of hydrogen-bond acceptors (Lipinski definition) is 5. The molecule has 1 N–H and O–H groups in total. The van der Waals surface area contributed by atoms with Gasteiger partial charge in [0.05, 0.1) is 38.1 Å². The van der Waals surface area contributed by atoms with Gasteiger partial charge in [-0.15, -0.1) is 0 Å². The molecule has 1 aliphatic carbocycles. The van der Waals surface area contributed by atoms with E-state index in [4.69, 9.17) is 14.2 Å². The molecule has 0 fully saturated rings. The van der Waals surface area contributed by atoms with Crippen LogP contribution in [0.5, 0.6) is 0 Å². The Morgan fingerprint density at radius 1 is 1.00 bits per heavy atom. The van der Waals surface area contributed by atoms with Crippen molar-refractivity contribution in [1.82, 2.24) is 0 Å². The molecule has 5 nitrogen and oxygen atoms in total. The second-order valence-corrected chi connectivity index (χ2v) is 7.72. The van der Waals surface area contributed by atoms with Gasteiger partial charge in [0.25, 0.3) is 0 Å². The molecule has 3 rings (SSSR count).